The first kappa shape index (κ1) is 25.0. The first-order valence-corrected chi connectivity index (χ1v) is 9.52. The zero-order valence-corrected chi connectivity index (χ0v) is 20.0. The van der Waals surface area contributed by atoms with E-state index in [0.717, 1.165) is 40.7 Å². The van der Waals surface area contributed by atoms with Crippen LogP contribution in [0.5, 0.6) is 11.5 Å². The molecule has 0 spiro atoms. The summed E-state index contributed by atoms with van der Waals surface area (Å²) in [4.78, 5) is 4.67. The molecular formula is C22H32IN3O3. The maximum atomic E-state index is 5.87. The van der Waals surface area contributed by atoms with Gasteiger partial charge in [-0.2, -0.15) is 0 Å². The summed E-state index contributed by atoms with van der Waals surface area (Å²) in [5.74, 6) is 2.46. The third-order valence-electron chi connectivity index (χ3n) is 4.11. The molecule has 0 saturated heterocycles. The van der Waals surface area contributed by atoms with Gasteiger partial charge in [-0.1, -0.05) is 24.3 Å². The van der Waals surface area contributed by atoms with Gasteiger partial charge < -0.3 is 24.8 Å². The molecule has 0 bridgehead atoms. The number of halogens is 1. The van der Waals surface area contributed by atoms with Crippen LogP contribution in [0.2, 0.25) is 0 Å². The number of aryl methyl sites for hydroxylation is 1. The fourth-order valence-electron chi connectivity index (χ4n) is 2.64. The van der Waals surface area contributed by atoms with Gasteiger partial charge >= 0.3 is 0 Å². The highest BCUT2D eigenvalue weighted by atomic mass is 127. The lowest BCUT2D eigenvalue weighted by atomic mass is 10.1. The molecule has 0 fully saturated rings. The van der Waals surface area contributed by atoms with Crippen LogP contribution in [0.25, 0.3) is 0 Å². The van der Waals surface area contributed by atoms with Gasteiger partial charge in [0.2, 0.25) is 0 Å². The molecular weight excluding hydrogens is 481 g/mol. The van der Waals surface area contributed by atoms with Gasteiger partial charge in [-0.15, -0.1) is 24.0 Å². The number of ether oxygens (including phenoxy) is 3. The number of hydrogen-bond donors (Lipinski definition) is 2. The van der Waals surface area contributed by atoms with E-state index in [-0.39, 0.29) is 24.0 Å². The SMILES string of the molecule is CCNC(=NCc1cccc(OC)c1)NCc1ccc(C)cc1OCCOC.I. The Hall–Kier alpha value is -2.00. The standard InChI is InChI=1S/C22H31N3O3.HI/c1-5-23-22(24-15-18-7-6-8-20(14-18)27-4)25-16-19-10-9-17(2)13-21(19)28-12-11-26-3;/h6-10,13-14H,5,11-12,15-16H2,1-4H3,(H2,23,24,25);1H. The summed E-state index contributed by atoms with van der Waals surface area (Å²) in [6.07, 6.45) is 0. The summed E-state index contributed by atoms with van der Waals surface area (Å²) in [5, 5.41) is 6.66. The number of hydrogen-bond acceptors (Lipinski definition) is 4. The third kappa shape index (κ3) is 8.91. The van der Waals surface area contributed by atoms with Gasteiger partial charge in [0.05, 0.1) is 20.3 Å². The topological polar surface area (TPSA) is 64.1 Å². The lowest BCUT2D eigenvalue weighted by Gasteiger charge is -2.15. The van der Waals surface area contributed by atoms with E-state index in [2.05, 4.69) is 34.7 Å². The van der Waals surface area contributed by atoms with Gasteiger partial charge in [0.15, 0.2) is 5.96 Å². The van der Waals surface area contributed by atoms with Crippen LogP contribution >= 0.6 is 24.0 Å². The van der Waals surface area contributed by atoms with Crippen molar-refractivity contribution in [2.75, 3.05) is 34.0 Å². The molecule has 0 aliphatic heterocycles. The smallest absolute Gasteiger partial charge is 0.191 e. The number of benzene rings is 2. The Morgan fingerprint density at radius 3 is 2.59 bits per heavy atom. The van der Waals surface area contributed by atoms with Crippen LogP contribution in [0.3, 0.4) is 0 Å². The Labute approximate surface area is 191 Å². The van der Waals surface area contributed by atoms with Crippen LogP contribution in [0.15, 0.2) is 47.5 Å². The first-order chi connectivity index (χ1) is 13.7. The van der Waals surface area contributed by atoms with E-state index >= 15 is 0 Å². The Morgan fingerprint density at radius 1 is 1.03 bits per heavy atom. The van der Waals surface area contributed by atoms with Crippen LogP contribution in [-0.4, -0.2) is 39.9 Å². The van der Waals surface area contributed by atoms with Gasteiger partial charge in [0.25, 0.3) is 0 Å². The zero-order valence-electron chi connectivity index (χ0n) is 17.7. The molecule has 0 heterocycles. The summed E-state index contributed by atoms with van der Waals surface area (Å²) in [5.41, 5.74) is 3.33. The number of aliphatic imine (C=N–C) groups is 1. The normalized spacial score (nSPS) is 10.8. The monoisotopic (exact) mass is 513 g/mol. The molecule has 0 aliphatic carbocycles. The van der Waals surface area contributed by atoms with Crippen molar-refractivity contribution in [1.29, 1.82) is 0 Å². The highest BCUT2D eigenvalue weighted by Crippen LogP contribution is 2.20. The summed E-state index contributed by atoms with van der Waals surface area (Å²) < 4.78 is 16.2. The lowest BCUT2D eigenvalue weighted by Crippen LogP contribution is -2.36. The van der Waals surface area contributed by atoms with Crippen molar-refractivity contribution in [3.63, 3.8) is 0 Å². The molecule has 2 N–H and O–H groups in total. The minimum atomic E-state index is 0. The molecule has 0 aromatic heterocycles. The highest BCUT2D eigenvalue weighted by molar-refractivity contribution is 14.0. The van der Waals surface area contributed by atoms with Crippen molar-refractivity contribution >= 4 is 29.9 Å². The molecule has 0 radical (unpaired) electrons. The Balaban J connectivity index is 0.00000420. The average molecular weight is 513 g/mol. The fourth-order valence-corrected chi connectivity index (χ4v) is 2.64. The first-order valence-electron chi connectivity index (χ1n) is 9.52. The van der Waals surface area contributed by atoms with Crippen LogP contribution in [0, 0.1) is 6.92 Å². The van der Waals surface area contributed by atoms with Gasteiger partial charge in [0, 0.05) is 25.8 Å². The average Bonchev–Trinajstić information content (AvgIpc) is 2.71. The Morgan fingerprint density at radius 2 is 1.86 bits per heavy atom. The van der Waals surface area contributed by atoms with E-state index in [1.54, 1.807) is 14.2 Å². The molecule has 7 heteroatoms. The van der Waals surface area contributed by atoms with E-state index < -0.39 is 0 Å². The van der Waals surface area contributed by atoms with E-state index in [4.69, 9.17) is 14.2 Å². The van der Waals surface area contributed by atoms with Crippen LogP contribution in [0.4, 0.5) is 0 Å². The summed E-state index contributed by atoms with van der Waals surface area (Å²) in [6.45, 7) is 7.16. The molecule has 0 atom stereocenters. The van der Waals surface area contributed by atoms with E-state index in [0.29, 0.717) is 26.3 Å². The maximum absolute atomic E-state index is 5.87. The number of nitrogens with one attached hydrogen (secondary N) is 2. The second-order valence-electron chi connectivity index (χ2n) is 6.35. The van der Waals surface area contributed by atoms with Crippen molar-refractivity contribution in [3.8, 4) is 11.5 Å². The number of guanidine groups is 1. The Bertz CT molecular complexity index is 769. The van der Waals surface area contributed by atoms with Crippen molar-refractivity contribution in [2.24, 2.45) is 4.99 Å². The molecule has 0 unspecified atom stereocenters. The Kier molecular flexibility index (Phi) is 12.1. The van der Waals surface area contributed by atoms with Gasteiger partial charge in [-0.05, 0) is 43.2 Å². The minimum Gasteiger partial charge on any atom is -0.497 e. The molecule has 0 aliphatic rings. The number of nitrogens with zero attached hydrogens (tertiary/aromatic N) is 1. The summed E-state index contributed by atoms with van der Waals surface area (Å²) in [6, 6.07) is 14.1. The quantitative estimate of drug-likeness (QED) is 0.219. The van der Waals surface area contributed by atoms with Crippen molar-refractivity contribution in [2.45, 2.75) is 26.9 Å². The van der Waals surface area contributed by atoms with Gasteiger partial charge in [0.1, 0.15) is 18.1 Å². The zero-order chi connectivity index (χ0) is 20.2. The highest BCUT2D eigenvalue weighted by Gasteiger charge is 2.06. The van der Waals surface area contributed by atoms with Crippen molar-refractivity contribution < 1.29 is 14.2 Å². The van der Waals surface area contributed by atoms with Crippen LogP contribution in [-0.2, 0) is 17.8 Å². The van der Waals surface area contributed by atoms with Crippen LogP contribution < -0.4 is 20.1 Å². The van der Waals surface area contributed by atoms with E-state index in [9.17, 15) is 0 Å². The molecule has 2 rings (SSSR count). The van der Waals surface area contributed by atoms with Crippen molar-refractivity contribution in [3.05, 3.63) is 59.2 Å². The third-order valence-corrected chi connectivity index (χ3v) is 4.11. The number of rotatable bonds is 10. The van der Waals surface area contributed by atoms with Crippen LogP contribution in [0.1, 0.15) is 23.6 Å². The molecule has 0 saturated carbocycles. The summed E-state index contributed by atoms with van der Waals surface area (Å²) in [7, 11) is 3.34. The maximum Gasteiger partial charge on any atom is 0.191 e. The second-order valence-corrected chi connectivity index (χ2v) is 6.35. The van der Waals surface area contributed by atoms with E-state index in [1.807, 2.05) is 37.3 Å². The second kappa shape index (κ2) is 14.1. The lowest BCUT2D eigenvalue weighted by molar-refractivity contribution is 0.145. The molecule has 6 nitrogen and oxygen atoms in total. The molecule has 2 aromatic carbocycles. The number of methoxy groups -OCH3 is 2. The van der Waals surface area contributed by atoms with Gasteiger partial charge in [-0.3, -0.25) is 0 Å². The predicted molar refractivity (Wildman–Crippen MR) is 129 cm³/mol. The van der Waals surface area contributed by atoms with E-state index in [1.165, 1.54) is 0 Å². The molecule has 160 valence electrons. The van der Waals surface area contributed by atoms with Crippen molar-refractivity contribution in [1.82, 2.24) is 10.6 Å². The molecule has 0 amide bonds. The largest absolute Gasteiger partial charge is 0.497 e. The molecule has 29 heavy (non-hydrogen) atoms. The predicted octanol–water partition coefficient (Wildman–Crippen LogP) is 3.90. The summed E-state index contributed by atoms with van der Waals surface area (Å²) >= 11 is 0. The molecule has 2 aromatic rings. The fraction of sp³-hybridized carbons (Fsp3) is 0.409. The minimum absolute atomic E-state index is 0. The van der Waals surface area contributed by atoms with Gasteiger partial charge in [-0.25, -0.2) is 4.99 Å².